The Labute approximate surface area is 108 Å². The van der Waals surface area contributed by atoms with Gasteiger partial charge >= 0.3 is 0 Å². The molecular formula is C13H23N3O2. The summed E-state index contributed by atoms with van der Waals surface area (Å²) >= 11 is 0. The van der Waals surface area contributed by atoms with Gasteiger partial charge in [0.05, 0.1) is 11.2 Å². The molecule has 5 heteroatoms. The van der Waals surface area contributed by atoms with Crippen LogP contribution in [0.2, 0.25) is 0 Å². The summed E-state index contributed by atoms with van der Waals surface area (Å²) in [5.74, 6) is 1.37. The largest absolute Gasteiger partial charge is 0.367 e. The standard InChI is InChI=1S/C13H23N3O2/c1-8(2)9-15-10(16-17-9)13(14)7-11(3,4)18-12(13,5)6/h8H,7,14H2,1-6H3. The molecule has 102 valence electrons. The highest BCUT2D eigenvalue weighted by molar-refractivity contribution is 5.18. The van der Waals surface area contributed by atoms with Gasteiger partial charge in [0.1, 0.15) is 5.54 Å². The van der Waals surface area contributed by atoms with Crippen molar-refractivity contribution in [1.29, 1.82) is 0 Å². The molecule has 0 spiro atoms. The lowest BCUT2D eigenvalue weighted by molar-refractivity contribution is -0.0805. The van der Waals surface area contributed by atoms with Crippen LogP contribution in [0.15, 0.2) is 4.52 Å². The molecule has 2 N–H and O–H groups in total. The maximum absolute atomic E-state index is 6.54. The highest BCUT2D eigenvalue weighted by atomic mass is 16.5. The summed E-state index contributed by atoms with van der Waals surface area (Å²) in [7, 11) is 0. The van der Waals surface area contributed by atoms with Gasteiger partial charge in [0, 0.05) is 12.3 Å². The Morgan fingerprint density at radius 3 is 2.22 bits per heavy atom. The molecule has 0 saturated carbocycles. The monoisotopic (exact) mass is 253 g/mol. The molecule has 0 aliphatic carbocycles. The molecule has 1 aromatic rings. The smallest absolute Gasteiger partial charge is 0.229 e. The molecule has 1 atom stereocenters. The average Bonchev–Trinajstić information content (AvgIpc) is 2.67. The minimum absolute atomic E-state index is 0.202. The van der Waals surface area contributed by atoms with Crippen LogP contribution in [0.1, 0.15) is 65.6 Å². The lowest BCUT2D eigenvalue weighted by Gasteiger charge is -2.33. The molecule has 0 amide bonds. The minimum atomic E-state index is -0.715. The van der Waals surface area contributed by atoms with E-state index in [2.05, 4.69) is 10.1 Å². The Morgan fingerprint density at radius 1 is 1.22 bits per heavy atom. The van der Waals surface area contributed by atoms with Crippen LogP contribution < -0.4 is 5.73 Å². The molecule has 2 heterocycles. The lowest BCUT2D eigenvalue weighted by Crippen LogP contribution is -2.51. The zero-order valence-electron chi connectivity index (χ0n) is 12.1. The second-order valence-electron chi connectivity index (χ2n) is 6.63. The first-order valence-corrected chi connectivity index (χ1v) is 6.40. The van der Waals surface area contributed by atoms with Crippen molar-refractivity contribution >= 4 is 0 Å². The van der Waals surface area contributed by atoms with Gasteiger partial charge < -0.3 is 15.0 Å². The van der Waals surface area contributed by atoms with Crippen LogP contribution in [0.25, 0.3) is 0 Å². The van der Waals surface area contributed by atoms with Crippen LogP contribution >= 0.6 is 0 Å². The predicted octanol–water partition coefficient (Wildman–Crippen LogP) is 2.32. The number of hydrogen-bond donors (Lipinski definition) is 1. The van der Waals surface area contributed by atoms with Crippen LogP contribution in [0.3, 0.4) is 0 Å². The average molecular weight is 253 g/mol. The van der Waals surface area contributed by atoms with Crippen molar-refractivity contribution in [2.75, 3.05) is 0 Å². The van der Waals surface area contributed by atoms with Crippen molar-refractivity contribution in [3.8, 4) is 0 Å². The zero-order chi connectivity index (χ0) is 13.8. The summed E-state index contributed by atoms with van der Waals surface area (Å²) in [4.78, 5) is 4.44. The van der Waals surface area contributed by atoms with Gasteiger partial charge in [-0.1, -0.05) is 19.0 Å². The van der Waals surface area contributed by atoms with Gasteiger partial charge in [-0.25, -0.2) is 0 Å². The molecule has 1 aliphatic heterocycles. The van der Waals surface area contributed by atoms with Crippen molar-refractivity contribution < 1.29 is 9.26 Å². The molecule has 1 unspecified atom stereocenters. The third kappa shape index (κ3) is 1.95. The van der Waals surface area contributed by atoms with Crippen LogP contribution in [0.5, 0.6) is 0 Å². The first kappa shape index (κ1) is 13.5. The molecular weight excluding hydrogens is 230 g/mol. The fourth-order valence-corrected chi connectivity index (χ4v) is 2.70. The van der Waals surface area contributed by atoms with E-state index in [9.17, 15) is 0 Å². The second-order valence-corrected chi connectivity index (χ2v) is 6.63. The fourth-order valence-electron chi connectivity index (χ4n) is 2.70. The van der Waals surface area contributed by atoms with Crippen LogP contribution in [0, 0.1) is 0 Å². The van der Waals surface area contributed by atoms with Gasteiger partial charge in [0.15, 0.2) is 5.82 Å². The Kier molecular flexibility index (Phi) is 2.83. The van der Waals surface area contributed by atoms with E-state index in [0.29, 0.717) is 18.1 Å². The minimum Gasteiger partial charge on any atom is -0.367 e. The van der Waals surface area contributed by atoms with Crippen LogP contribution in [0.4, 0.5) is 0 Å². The summed E-state index contributed by atoms with van der Waals surface area (Å²) in [5, 5.41) is 4.06. The topological polar surface area (TPSA) is 74.2 Å². The van der Waals surface area contributed by atoms with E-state index in [1.165, 1.54) is 0 Å². The molecule has 2 rings (SSSR count). The molecule has 0 bridgehead atoms. The normalized spacial score (nSPS) is 30.0. The Bertz CT molecular complexity index is 451. The molecule has 1 fully saturated rings. The molecule has 1 aromatic heterocycles. The predicted molar refractivity (Wildman–Crippen MR) is 68.1 cm³/mol. The summed E-state index contributed by atoms with van der Waals surface area (Å²) in [6.07, 6.45) is 0.671. The molecule has 1 aliphatic rings. The SMILES string of the molecule is CC(C)c1nc(C2(N)CC(C)(C)OC2(C)C)no1. The van der Waals surface area contributed by atoms with Gasteiger partial charge in [0.2, 0.25) is 5.89 Å². The Hall–Kier alpha value is -0.940. The van der Waals surface area contributed by atoms with E-state index in [1.54, 1.807) is 0 Å². The summed E-state index contributed by atoms with van der Waals surface area (Å²) < 4.78 is 11.3. The fraction of sp³-hybridized carbons (Fsp3) is 0.846. The van der Waals surface area contributed by atoms with E-state index in [0.717, 1.165) is 0 Å². The highest BCUT2D eigenvalue weighted by Crippen LogP contribution is 2.48. The van der Waals surface area contributed by atoms with E-state index in [1.807, 2.05) is 41.5 Å². The van der Waals surface area contributed by atoms with Crippen molar-refractivity contribution in [3.63, 3.8) is 0 Å². The van der Waals surface area contributed by atoms with E-state index in [-0.39, 0.29) is 11.5 Å². The molecule has 0 radical (unpaired) electrons. The molecule has 5 nitrogen and oxygen atoms in total. The second kappa shape index (κ2) is 3.78. The Morgan fingerprint density at radius 2 is 1.83 bits per heavy atom. The van der Waals surface area contributed by atoms with Gasteiger partial charge in [-0.05, 0) is 27.7 Å². The first-order valence-electron chi connectivity index (χ1n) is 6.40. The summed E-state index contributed by atoms with van der Waals surface area (Å²) in [6, 6.07) is 0. The zero-order valence-corrected chi connectivity index (χ0v) is 12.1. The van der Waals surface area contributed by atoms with Gasteiger partial charge in [0.25, 0.3) is 0 Å². The van der Waals surface area contributed by atoms with Crippen molar-refractivity contribution in [3.05, 3.63) is 11.7 Å². The lowest BCUT2D eigenvalue weighted by atomic mass is 9.79. The van der Waals surface area contributed by atoms with Crippen LogP contribution in [-0.2, 0) is 10.3 Å². The number of ether oxygens (including phenoxy) is 1. The van der Waals surface area contributed by atoms with Crippen LogP contribution in [-0.4, -0.2) is 21.3 Å². The number of aromatic nitrogens is 2. The quantitative estimate of drug-likeness (QED) is 0.875. The van der Waals surface area contributed by atoms with Gasteiger partial charge in [-0.2, -0.15) is 4.98 Å². The number of hydrogen-bond acceptors (Lipinski definition) is 5. The third-order valence-electron chi connectivity index (χ3n) is 3.65. The molecule has 18 heavy (non-hydrogen) atoms. The summed E-state index contributed by atoms with van der Waals surface area (Å²) in [5.41, 5.74) is 5.02. The maximum atomic E-state index is 6.54. The molecule has 1 saturated heterocycles. The third-order valence-corrected chi connectivity index (χ3v) is 3.65. The van der Waals surface area contributed by atoms with Crippen molar-refractivity contribution in [2.24, 2.45) is 5.73 Å². The van der Waals surface area contributed by atoms with Crippen molar-refractivity contribution in [2.45, 2.75) is 70.6 Å². The van der Waals surface area contributed by atoms with E-state index in [4.69, 9.17) is 15.0 Å². The number of nitrogens with two attached hydrogens (primary N) is 1. The van der Waals surface area contributed by atoms with E-state index >= 15 is 0 Å². The van der Waals surface area contributed by atoms with Crippen molar-refractivity contribution in [1.82, 2.24) is 10.1 Å². The van der Waals surface area contributed by atoms with Gasteiger partial charge in [-0.15, -0.1) is 0 Å². The number of rotatable bonds is 2. The van der Waals surface area contributed by atoms with Gasteiger partial charge in [-0.3, -0.25) is 0 Å². The highest BCUT2D eigenvalue weighted by Gasteiger charge is 2.58. The Balaban J connectivity index is 2.41. The molecule has 0 aromatic carbocycles. The first-order chi connectivity index (χ1) is 8.07. The van der Waals surface area contributed by atoms with E-state index < -0.39 is 11.1 Å². The summed E-state index contributed by atoms with van der Waals surface area (Å²) in [6.45, 7) is 12.1. The number of nitrogens with zero attached hydrogens (tertiary/aromatic N) is 2. The maximum Gasteiger partial charge on any atom is 0.229 e.